The molecular formula is C26H33NO7. The number of ether oxygens (including phenoxy) is 2. The number of fused-ring (bicyclic) bond motifs is 1. The molecule has 6 atom stereocenters. The highest BCUT2D eigenvalue weighted by molar-refractivity contribution is 5.91. The summed E-state index contributed by atoms with van der Waals surface area (Å²) in [6, 6.07) is 5.87. The molecule has 0 spiro atoms. The summed E-state index contributed by atoms with van der Waals surface area (Å²) < 4.78 is 11.1. The van der Waals surface area contributed by atoms with Gasteiger partial charge in [-0.05, 0) is 55.4 Å². The summed E-state index contributed by atoms with van der Waals surface area (Å²) in [5, 5.41) is 31.9. The lowest BCUT2D eigenvalue weighted by molar-refractivity contribution is -0.384. The van der Waals surface area contributed by atoms with Crippen molar-refractivity contribution in [1.82, 2.24) is 0 Å². The van der Waals surface area contributed by atoms with Crippen LogP contribution < -0.4 is 4.74 Å². The molecular weight excluding hydrogens is 438 g/mol. The van der Waals surface area contributed by atoms with Gasteiger partial charge in [-0.3, -0.25) is 10.1 Å². The van der Waals surface area contributed by atoms with E-state index in [9.17, 15) is 25.1 Å². The third kappa shape index (κ3) is 4.14. The number of benzene rings is 1. The van der Waals surface area contributed by atoms with Gasteiger partial charge in [0.05, 0.1) is 29.3 Å². The van der Waals surface area contributed by atoms with Gasteiger partial charge in [0.25, 0.3) is 5.69 Å². The van der Waals surface area contributed by atoms with E-state index in [-0.39, 0.29) is 36.2 Å². The molecule has 2 unspecified atom stereocenters. The summed E-state index contributed by atoms with van der Waals surface area (Å²) in [5.41, 5.74) is 0.707. The van der Waals surface area contributed by atoms with Gasteiger partial charge in [-0.1, -0.05) is 38.1 Å². The number of carbonyl (C=O) groups excluding carboxylic acids is 1. The summed E-state index contributed by atoms with van der Waals surface area (Å²) in [6.07, 6.45) is 4.37. The zero-order chi connectivity index (χ0) is 24.7. The van der Waals surface area contributed by atoms with Crippen molar-refractivity contribution in [3.63, 3.8) is 0 Å². The van der Waals surface area contributed by atoms with E-state index in [0.717, 1.165) is 24.8 Å². The number of esters is 1. The van der Waals surface area contributed by atoms with Crippen LogP contribution in [0.25, 0.3) is 0 Å². The number of allylic oxidation sites excluding steroid dienone is 2. The number of nitro benzene ring substituents is 1. The fourth-order valence-corrected chi connectivity index (χ4v) is 6.48. The Hall–Kier alpha value is -2.71. The van der Waals surface area contributed by atoms with Crippen molar-refractivity contribution < 1.29 is 29.4 Å². The average Bonchev–Trinajstić information content (AvgIpc) is 3.15. The zero-order valence-corrected chi connectivity index (χ0v) is 19.7. The summed E-state index contributed by atoms with van der Waals surface area (Å²) in [7, 11) is 0. The number of aliphatic hydroxyl groups is 2. The molecule has 1 aromatic carbocycles. The Morgan fingerprint density at radius 3 is 2.82 bits per heavy atom. The minimum absolute atomic E-state index is 0.0492. The van der Waals surface area contributed by atoms with Crippen LogP contribution in [-0.4, -0.2) is 46.5 Å². The normalized spacial score (nSPS) is 36.8. The molecule has 1 aromatic rings. The molecule has 0 aromatic heterocycles. The Morgan fingerprint density at radius 2 is 2.12 bits per heavy atom. The Kier molecular flexibility index (Phi) is 6.57. The second-order valence-electron chi connectivity index (χ2n) is 10.4. The zero-order valence-electron chi connectivity index (χ0n) is 19.7. The number of hydrogen-bond donors (Lipinski definition) is 2. The first-order chi connectivity index (χ1) is 16.1. The van der Waals surface area contributed by atoms with Crippen LogP contribution in [0.2, 0.25) is 0 Å². The van der Waals surface area contributed by atoms with Crippen LogP contribution in [0, 0.1) is 32.8 Å². The van der Waals surface area contributed by atoms with Gasteiger partial charge in [-0.2, -0.15) is 0 Å². The molecule has 3 aliphatic rings. The number of aliphatic hydroxyl groups excluding tert-OH is 2. The lowest BCUT2D eigenvalue weighted by Gasteiger charge is -2.59. The topological polar surface area (TPSA) is 119 Å². The summed E-state index contributed by atoms with van der Waals surface area (Å²) in [5.74, 6) is 0.0781. The van der Waals surface area contributed by atoms with Crippen molar-refractivity contribution in [3.8, 4) is 5.75 Å². The van der Waals surface area contributed by atoms with E-state index >= 15 is 0 Å². The van der Waals surface area contributed by atoms with Gasteiger partial charge in [-0.25, -0.2) is 4.79 Å². The fraction of sp³-hybridized carbons (Fsp3) is 0.577. The number of non-ortho nitro benzene ring substituents is 1. The summed E-state index contributed by atoms with van der Waals surface area (Å²) in [4.78, 5) is 23.1. The Morgan fingerprint density at radius 1 is 1.35 bits per heavy atom. The maximum absolute atomic E-state index is 12.5. The monoisotopic (exact) mass is 471 g/mol. The Balaban J connectivity index is 1.57. The van der Waals surface area contributed by atoms with E-state index in [4.69, 9.17) is 9.47 Å². The van der Waals surface area contributed by atoms with Crippen LogP contribution in [0.4, 0.5) is 5.69 Å². The van der Waals surface area contributed by atoms with Crippen molar-refractivity contribution in [2.45, 2.75) is 58.2 Å². The average molecular weight is 472 g/mol. The minimum Gasteiger partial charge on any atom is -0.482 e. The molecule has 1 saturated heterocycles. The Bertz CT molecular complexity index is 1020. The van der Waals surface area contributed by atoms with Gasteiger partial charge in [0.2, 0.25) is 0 Å². The van der Waals surface area contributed by atoms with Crippen LogP contribution in [0.15, 0.2) is 48.1 Å². The second kappa shape index (κ2) is 9.15. The third-order valence-corrected chi connectivity index (χ3v) is 8.52. The lowest BCUT2D eigenvalue weighted by Crippen LogP contribution is -2.57. The molecule has 8 nitrogen and oxygen atoms in total. The third-order valence-electron chi connectivity index (χ3n) is 8.52. The van der Waals surface area contributed by atoms with Crippen molar-refractivity contribution in [2.24, 2.45) is 22.7 Å². The van der Waals surface area contributed by atoms with E-state index in [1.165, 1.54) is 18.2 Å². The molecule has 1 heterocycles. The molecule has 0 bridgehead atoms. The van der Waals surface area contributed by atoms with Crippen molar-refractivity contribution in [1.29, 1.82) is 0 Å². The molecule has 2 aliphatic carbocycles. The molecule has 2 saturated carbocycles. The highest BCUT2D eigenvalue weighted by atomic mass is 16.6. The summed E-state index contributed by atoms with van der Waals surface area (Å²) >= 11 is 0. The SMILES string of the molecule is C=C1CC[C@H]2[C@@](C)(CCC(O)[C@@]2(C)CO)C1C/C=C1/C(=O)OC[C@H]1Oc1cccc([N+](=O)[O-])c1. The Labute approximate surface area is 199 Å². The predicted octanol–water partition coefficient (Wildman–Crippen LogP) is 3.96. The van der Waals surface area contributed by atoms with Gasteiger partial charge < -0.3 is 19.7 Å². The van der Waals surface area contributed by atoms with E-state index < -0.39 is 28.5 Å². The summed E-state index contributed by atoms with van der Waals surface area (Å²) in [6.45, 7) is 8.51. The van der Waals surface area contributed by atoms with E-state index in [0.29, 0.717) is 24.2 Å². The fourth-order valence-electron chi connectivity index (χ4n) is 6.48. The number of nitro groups is 1. The van der Waals surface area contributed by atoms with Crippen molar-refractivity contribution >= 4 is 11.7 Å². The van der Waals surface area contributed by atoms with Crippen LogP contribution in [0.1, 0.15) is 46.0 Å². The molecule has 3 fully saturated rings. The number of cyclic esters (lactones) is 1. The van der Waals surface area contributed by atoms with Gasteiger partial charge in [0, 0.05) is 11.5 Å². The molecule has 34 heavy (non-hydrogen) atoms. The smallest absolute Gasteiger partial charge is 0.337 e. The van der Waals surface area contributed by atoms with Gasteiger partial charge >= 0.3 is 5.97 Å². The first kappa shape index (κ1) is 24.4. The largest absolute Gasteiger partial charge is 0.482 e. The van der Waals surface area contributed by atoms with Crippen molar-refractivity contribution in [3.05, 3.63) is 58.2 Å². The molecule has 0 radical (unpaired) electrons. The standard InChI is InChI=1S/C26H33NO7/c1-16-7-10-22-25(2,12-11-23(29)26(22,3)15-28)20(16)9-8-19-21(14-33-24(19)30)34-18-6-4-5-17(13-18)27(31)32/h4-6,8,13,20-23,28-29H,1,7,9-12,14-15H2,2-3H3/b19-8+/t20?,21-,22+,23?,25+,26+/m1/s1. The molecule has 184 valence electrons. The van der Waals surface area contributed by atoms with E-state index in [1.807, 2.05) is 13.0 Å². The van der Waals surface area contributed by atoms with Crippen LogP contribution in [0.5, 0.6) is 5.75 Å². The van der Waals surface area contributed by atoms with E-state index in [2.05, 4.69) is 13.5 Å². The molecule has 4 rings (SSSR count). The van der Waals surface area contributed by atoms with Gasteiger partial charge in [0.15, 0.2) is 6.10 Å². The van der Waals surface area contributed by atoms with Gasteiger partial charge in [-0.15, -0.1) is 0 Å². The van der Waals surface area contributed by atoms with E-state index in [1.54, 1.807) is 6.07 Å². The highest BCUT2D eigenvalue weighted by Crippen LogP contribution is 2.61. The first-order valence-corrected chi connectivity index (χ1v) is 11.8. The molecule has 0 amide bonds. The second-order valence-corrected chi connectivity index (χ2v) is 10.4. The molecule has 8 heteroatoms. The van der Waals surface area contributed by atoms with Gasteiger partial charge in [0.1, 0.15) is 12.4 Å². The maximum atomic E-state index is 12.5. The van der Waals surface area contributed by atoms with Crippen LogP contribution in [0.3, 0.4) is 0 Å². The van der Waals surface area contributed by atoms with Crippen molar-refractivity contribution in [2.75, 3.05) is 13.2 Å². The number of hydrogen-bond acceptors (Lipinski definition) is 7. The molecule has 2 N–H and O–H groups in total. The quantitative estimate of drug-likeness (QED) is 0.212. The number of carbonyl (C=O) groups is 1. The van der Waals surface area contributed by atoms with Crippen LogP contribution in [-0.2, 0) is 9.53 Å². The lowest BCUT2D eigenvalue weighted by atomic mass is 9.46. The predicted molar refractivity (Wildman–Crippen MR) is 125 cm³/mol. The first-order valence-electron chi connectivity index (χ1n) is 11.8. The minimum atomic E-state index is -0.647. The highest BCUT2D eigenvalue weighted by Gasteiger charge is 2.57. The number of rotatable bonds is 6. The maximum Gasteiger partial charge on any atom is 0.337 e. The number of nitrogens with zero attached hydrogens (tertiary/aromatic N) is 1. The molecule has 1 aliphatic heterocycles. The van der Waals surface area contributed by atoms with Crippen LogP contribution >= 0.6 is 0 Å².